The van der Waals surface area contributed by atoms with E-state index in [-0.39, 0.29) is 11.3 Å². The molecule has 8 nitrogen and oxygen atoms in total. The number of aryl methyl sites for hydroxylation is 1. The van der Waals surface area contributed by atoms with Gasteiger partial charge >= 0.3 is 11.7 Å². The lowest BCUT2D eigenvalue weighted by molar-refractivity contribution is 0.0479. The maximum atomic E-state index is 12.0. The standard InChI is InChI=1S/C14H21N5O3/c1-4-5-6-10(2)7-8-22-13(20)11-12-16-17-18(3)14(21)19(12)9-15-11/h9-10H,4-8H2,1-3H3. The minimum atomic E-state index is -0.576. The van der Waals surface area contributed by atoms with Crippen molar-refractivity contribution in [1.82, 2.24) is 24.4 Å². The van der Waals surface area contributed by atoms with Crippen LogP contribution in [0.2, 0.25) is 0 Å². The SMILES string of the molecule is CCCCC(C)CCOC(=O)c1ncn2c(=O)n(C)nnc12. The number of rotatable bonds is 7. The number of hydrogen-bond donors (Lipinski definition) is 0. The van der Waals surface area contributed by atoms with Gasteiger partial charge in [0.25, 0.3) is 0 Å². The van der Waals surface area contributed by atoms with E-state index >= 15 is 0 Å². The van der Waals surface area contributed by atoms with Gasteiger partial charge in [-0.2, -0.15) is 4.68 Å². The maximum absolute atomic E-state index is 12.0. The van der Waals surface area contributed by atoms with Crippen molar-refractivity contribution < 1.29 is 9.53 Å². The van der Waals surface area contributed by atoms with Gasteiger partial charge in [0.2, 0.25) is 0 Å². The van der Waals surface area contributed by atoms with E-state index in [9.17, 15) is 9.59 Å². The molecule has 0 spiro atoms. The number of esters is 1. The first-order valence-corrected chi connectivity index (χ1v) is 7.48. The Kier molecular flexibility index (Phi) is 5.24. The molecule has 0 N–H and O–H groups in total. The van der Waals surface area contributed by atoms with E-state index in [0.717, 1.165) is 17.5 Å². The van der Waals surface area contributed by atoms with Crippen LogP contribution in [0.3, 0.4) is 0 Å². The number of nitrogens with zero attached hydrogens (tertiary/aromatic N) is 5. The number of imidazole rings is 1. The molecule has 22 heavy (non-hydrogen) atoms. The molecule has 2 rings (SSSR count). The van der Waals surface area contributed by atoms with E-state index in [1.54, 1.807) is 0 Å². The minimum absolute atomic E-state index is 0.0198. The molecule has 2 aromatic rings. The molecule has 0 saturated carbocycles. The second-order valence-corrected chi connectivity index (χ2v) is 5.45. The Hall–Kier alpha value is -2.25. The van der Waals surface area contributed by atoms with E-state index < -0.39 is 11.7 Å². The van der Waals surface area contributed by atoms with Crippen LogP contribution in [-0.4, -0.2) is 37.0 Å². The van der Waals surface area contributed by atoms with Crippen molar-refractivity contribution >= 4 is 11.6 Å². The second-order valence-electron chi connectivity index (χ2n) is 5.45. The molecule has 1 atom stereocenters. The molecular weight excluding hydrogens is 286 g/mol. The number of carbonyl (C=O) groups excluding carboxylic acids is 1. The third-order valence-electron chi connectivity index (χ3n) is 3.59. The zero-order valence-corrected chi connectivity index (χ0v) is 13.2. The molecule has 0 amide bonds. The first-order valence-electron chi connectivity index (χ1n) is 7.48. The van der Waals surface area contributed by atoms with Gasteiger partial charge in [-0.15, -0.1) is 5.10 Å². The van der Waals surface area contributed by atoms with E-state index in [2.05, 4.69) is 29.1 Å². The molecule has 0 bridgehead atoms. The number of carbonyl (C=O) groups is 1. The molecule has 2 heterocycles. The molecule has 8 heteroatoms. The van der Waals surface area contributed by atoms with Gasteiger partial charge in [0.15, 0.2) is 11.3 Å². The second kappa shape index (κ2) is 7.15. The highest BCUT2D eigenvalue weighted by atomic mass is 16.5. The van der Waals surface area contributed by atoms with Gasteiger partial charge in [-0.05, 0) is 12.3 Å². The lowest BCUT2D eigenvalue weighted by Crippen LogP contribution is -2.27. The van der Waals surface area contributed by atoms with Crippen LogP contribution in [0.1, 0.15) is 50.0 Å². The Morgan fingerprint density at radius 3 is 2.91 bits per heavy atom. The van der Waals surface area contributed by atoms with E-state index in [1.807, 2.05) is 0 Å². The van der Waals surface area contributed by atoms with Gasteiger partial charge in [-0.3, -0.25) is 0 Å². The number of unbranched alkanes of at least 4 members (excludes halogenated alkanes) is 1. The molecule has 2 aromatic heterocycles. The molecule has 0 aromatic carbocycles. The van der Waals surface area contributed by atoms with Crippen molar-refractivity contribution in [2.45, 2.75) is 39.5 Å². The molecule has 1 unspecified atom stereocenters. The highest BCUT2D eigenvalue weighted by molar-refractivity contribution is 5.93. The summed E-state index contributed by atoms with van der Waals surface area (Å²) in [5.74, 6) is -0.0636. The van der Waals surface area contributed by atoms with Crippen molar-refractivity contribution in [3.63, 3.8) is 0 Å². The molecule has 0 radical (unpaired) electrons. The summed E-state index contributed by atoms with van der Waals surface area (Å²) >= 11 is 0. The first-order chi connectivity index (χ1) is 10.5. The summed E-state index contributed by atoms with van der Waals surface area (Å²) in [7, 11) is 1.48. The summed E-state index contributed by atoms with van der Waals surface area (Å²) in [4.78, 5) is 27.8. The zero-order chi connectivity index (χ0) is 16.1. The summed E-state index contributed by atoms with van der Waals surface area (Å²) in [5, 5.41) is 7.47. The maximum Gasteiger partial charge on any atom is 0.360 e. The van der Waals surface area contributed by atoms with Crippen molar-refractivity contribution in [2.24, 2.45) is 13.0 Å². The predicted octanol–water partition coefficient (Wildman–Crippen LogP) is 1.20. The first kappa shape index (κ1) is 16.1. The topological polar surface area (TPSA) is 91.4 Å². The van der Waals surface area contributed by atoms with Crippen LogP contribution in [0, 0.1) is 5.92 Å². The number of aromatic nitrogens is 5. The Morgan fingerprint density at radius 2 is 2.18 bits per heavy atom. The molecule has 0 aliphatic carbocycles. The summed E-state index contributed by atoms with van der Waals surface area (Å²) in [5.41, 5.74) is -0.275. The summed E-state index contributed by atoms with van der Waals surface area (Å²) in [6.45, 7) is 4.63. The average molecular weight is 307 g/mol. The fraction of sp³-hybridized carbons (Fsp3) is 0.643. The summed E-state index contributed by atoms with van der Waals surface area (Å²) < 4.78 is 7.47. The van der Waals surface area contributed by atoms with Crippen molar-refractivity contribution in [3.8, 4) is 0 Å². The van der Waals surface area contributed by atoms with Crippen LogP contribution >= 0.6 is 0 Å². The fourth-order valence-electron chi connectivity index (χ4n) is 2.14. The van der Waals surface area contributed by atoms with Gasteiger partial charge in [-0.1, -0.05) is 38.3 Å². The van der Waals surface area contributed by atoms with Crippen molar-refractivity contribution in [2.75, 3.05) is 6.61 Å². The largest absolute Gasteiger partial charge is 0.461 e. The van der Waals surface area contributed by atoms with E-state index in [4.69, 9.17) is 4.74 Å². The van der Waals surface area contributed by atoms with Crippen LogP contribution in [0.25, 0.3) is 5.65 Å². The molecule has 0 aliphatic rings. The Morgan fingerprint density at radius 1 is 1.41 bits per heavy atom. The number of hydrogen-bond acceptors (Lipinski definition) is 6. The van der Waals surface area contributed by atoms with Gasteiger partial charge in [0.1, 0.15) is 6.33 Å². The Labute approximate surface area is 128 Å². The molecule has 0 saturated heterocycles. The fourth-order valence-corrected chi connectivity index (χ4v) is 2.14. The Bertz CT molecular complexity index is 706. The van der Waals surface area contributed by atoms with Crippen molar-refractivity contribution in [1.29, 1.82) is 0 Å². The quantitative estimate of drug-likeness (QED) is 0.714. The van der Waals surface area contributed by atoms with E-state index in [1.165, 1.54) is 30.6 Å². The highest BCUT2D eigenvalue weighted by Gasteiger charge is 2.18. The van der Waals surface area contributed by atoms with Gasteiger partial charge < -0.3 is 4.74 Å². The number of fused-ring (bicyclic) bond motifs is 1. The van der Waals surface area contributed by atoms with Crippen LogP contribution in [0.4, 0.5) is 0 Å². The number of ether oxygens (including phenoxy) is 1. The predicted molar refractivity (Wildman–Crippen MR) is 79.6 cm³/mol. The lowest BCUT2D eigenvalue weighted by atomic mass is 10.0. The minimum Gasteiger partial charge on any atom is -0.461 e. The normalized spacial score (nSPS) is 12.5. The molecule has 0 aliphatic heterocycles. The third kappa shape index (κ3) is 3.49. The lowest BCUT2D eigenvalue weighted by Gasteiger charge is -2.10. The summed E-state index contributed by atoms with van der Waals surface area (Å²) in [6.07, 6.45) is 5.54. The van der Waals surface area contributed by atoms with Gasteiger partial charge in [0, 0.05) is 7.05 Å². The third-order valence-corrected chi connectivity index (χ3v) is 3.59. The van der Waals surface area contributed by atoms with Gasteiger partial charge in [0.05, 0.1) is 6.61 Å². The molecular formula is C14H21N5O3. The highest BCUT2D eigenvalue weighted by Crippen LogP contribution is 2.12. The molecule has 120 valence electrons. The average Bonchev–Trinajstić information content (AvgIpc) is 2.93. The van der Waals surface area contributed by atoms with Crippen LogP contribution < -0.4 is 5.69 Å². The molecule has 0 fully saturated rings. The Balaban J connectivity index is 1.99. The smallest absolute Gasteiger partial charge is 0.360 e. The van der Waals surface area contributed by atoms with Crippen LogP contribution in [-0.2, 0) is 11.8 Å². The van der Waals surface area contributed by atoms with Crippen molar-refractivity contribution in [3.05, 3.63) is 22.5 Å². The van der Waals surface area contributed by atoms with E-state index in [0.29, 0.717) is 12.5 Å². The zero-order valence-electron chi connectivity index (χ0n) is 13.2. The summed E-state index contributed by atoms with van der Waals surface area (Å²) in [6, 6.07) is 0. The van der Waals surface area contributed by atoms with Crippen LogP contribution in [0.5, 0.6) is 0 Å². The monoisotopic (exact) mass is 307 g/mol. The van der Waals surface area contributed by atoms with Crippen LogP contribution in [0.15, 0.2) is 11.1 Å². The van der Waals surface area contributed by atoms with Gasteiger partial charge in [-0.25, -0.2) is 19.0 Å².